The van der Waals surface area contributed by atoms with Crippen molar-refractivity contribution in [2.75, 3.05) is 7.11 Å². The Bertz CT molecular complexity index is 611. The maximum Gasteiger partial charge on any atom is 0.180 e. The van der Waals surface area contributed by atoms with E-state index in [1.807, 2.05) is 26.1 Å². The van der Waals surface area contributed by atoms with Crippen LogP contribution in [0.1, 0.15) is 17.0 Å². The van der Waals surface area contributed by atoms with Crippen molar-refractivity contribution in [3.8, 4) is 11.5 Å². The van der Waals surface area contributed by atoms with E-state index >= 15 is 0 Å². The molecular weight excluding hydrogens is 299 g/mol. The molecule has 108 valence electrons. The molecule has 0 radical (unpaired) electrons. The van der Waals surface area contributed by atoms with Crippen LogP contribution in [-0.2, 0) is 19.5 Å². The van der Waals surface area contributed by atoms with Gasteiger partial charge in [0, 0.05) is 12.9 Å². The van der Waals surface area contributed by atoms with Crippen LogP contribution in [0.4, 0.5) is 0 Å². The molecule has 0 aliphatic heterocycles. The van der Waals surface area contributed by atoms with Gasteiger partial charge in [-0.1, -0.05) is 11.6 Å². The molecule has 0 unspecified atom stereocenters. The number of aryl methyl sites for hydroxylation is 2. The molecule has 0 aliphatic rings. The Kier molecular flexibility index (Phi) is 4.78. The highest BCUT2D eigenvalue weighted by molar-refractivity contribution is 6.32. The second-order valence-electron chi connectivity index (χ2n) is 4.43. The first-order valence-electron chi connectivity index (χ1n) is 6.09. The topological polar surface area (TPSA) is 36.3 Å². The minimum atomic E-state index is 0.369. The predicted molar refractivity (Wildman–Crippen MR) is 79.8 cm³/mol. The summed E-state index contributed by atoms with van der Waals surface area (Å²) in [6.45, 7) is 2.31. The molecule has 6 heteroatoms. The van der Waals surface area contributed by atoms with Crippen molar-refractivity contribution >= 4 is 23.2 Å². The van der Waals surface area contributed by atoms with Crippen LogP contribution in [0, 0.1) is 6.92 Å². The van der Waals surface area contributed by atoms with Gasteiger partial charge >= 0.3 is 0 Å². The molecule has 0 saturated heterocycles. The number of benzene rings is 1. The third kappa shape index (κ3) is 3.19. The molecule has 0 fully saturated rings. The molecule has 20 heavy (non-hydrogen) atoms. The van der Waals surface area contributed by atoms with Crippen molar-refractivity contribution in [1.29, 1.82) is 0 Å². The highest BCUT2D eigenvalue weighted by Gasteiger charge is 2.13. The maximum absolute atomic E-state index is 6.22. The van der Waals surface area contributed by atoms with Gasteiger partial charge in [0.2, 0.25) is 0 Å². The predicted octanol–water partition coefficient (Wildman–Crippen LogP) is 3.71. The van der Waals surface area contributed by atoms with E-state index in [-0.39, 0.29) is 0 Å². The van der Waals surface area contributed by atoms with E-state index in [4.69, 9.17) is 32.7 Å². The summed E-state index contributed by atoms with van der Waals surface area (Å²) in [5, 5.41) is 4.76. The highest BCUT2D eigenvalue weighted by Crippen LogP contribution is 2.37. The van der Waals surface area contributed by atoms with E-state index in [1.165, 1.54) is 0 Å². The zero-order valence-corrected chi connectivity index (χ0v) is 13.1. The average molecular weight is 315 g/mol. The summed E-state index contributed by atoms with van der Waals surface area (Å²) < 4.78 is 12.9. The second kappa shape index (κ2) is 6.37. The van der Waals surface area contributed by atoms with Crippen LogP contribution in [0.2, 0.25) is 5.02 Å². The normalized spacial score (nSPS) is 10.7. The first kappa shape index (κ1) is 15.0. The lowest BCUT2D eigenvalue weighted by atomic mass is 10.2. The molecule has 1 aromatic heterocycles. The second-order valence-corrected chi connectivity index (χ2v) is 5.11. The molecule has 0 amide bonds. The molecule has 0 N–H and O–H groups in total. The summed E-state index contributed by atoms with van der Waals surface area (Å²) in [4.78, 5) is 0. The summed E-state index contributed by atoms with van der Waals surface area (Å²) in [5.74, 6) is 1.46. The number of methoxy groups -OCH3 is 1. The number of nitrogens with zero attached hydrogens (tertiary/aromatic N) is 2. The fourth-order valence-corrected chi connectivity index (χ4v) is 2.38. The van der Waals surface area contributed by atoms with Crippen LogP contribution in [0.25, 0.3) is 0 Å². The minimum Gasteiger partial charge on any atom is -0.493 e. The van der Waals surface area contributed by atoms with Gasteiger partial charge in [0.15, 0.2) is 11.5 Å². The Hall–Kier alpha value is -1.39. The van der Waals surface area contributed by atoms with Crippen molar-refractivity contribution < 1.29 is 9.47 Å². The molecule has 0 saturated carbocycles. The quantitative estimate of drug-likeness (QED) is 0.789. The van der Waals surface area contributed by atoms with Gasteiger partial charge in [0.25, 0.3) is 0 Å². The monoisotopic (exact) mass is 314 g/mol. The highest BCUT2D eigenvalue weighted by atomic mass is 35.5. The number of halogens is 2. The number of alkyl halides is 1. The average Bonchev–Trinajstić information content (AvgIpc) is 2.74. The van der Waals surface area contributed by atoms with Gasteiger partial charge in [-0.25, -0.2) is 0 Å². The van der Waals surface area contributed by atoms with Crippen molar-refractivity contribution in [3.05, 3.63) is 40.2 Å². The molecule has 1 heterocycles. The summed E-state index contributed by atoms with van der Waals surface area (Å²) in [5.41, 5.74) is 2.79. The summed E-state index contributed by atoms with van der Waals surface area (Å²) in [6, 6.07) is 5.57. The molecule has 1 aromatic carbocycles. The fourth-order valence-electron chi connectivity index (χ4n) is 1.94. The molecule has 0 bridgehead atoms. The van der Waals surface area contributed by atoms with Crippen LogP contribution in [0.15, 0.2) is 18.2 Å². The number of ether oxygens (including phenoxy) is 2. The van der Waals surface area contributed by atoms with Gasteiger partial charge in [-0.15, -0.1) is 11.6 Å². The summed E-state index contributed by atoms with van der Waals surface area (Å²) in [7, 11) is 3.45. The molecule has 0 atom stereocenters. The molecule has 2 aromatic rings. The lowest BCUT2D eigenvalue weighted by Crippen LogP contribution is -2.04. The molecule has 0 aliphatic carbocycles. The Morgan fingerprint density at radius 1 is 1.30 bits per heavy atom. The third-order valence-corrected chi connectivity index (χ3v) is 3.50. The number of hydrogen-bond acceptors (Lipinski definition) is 3. The number of hydrogen-bond donors (Lipinski definition) is 0. The van der Waals surface area contributed by atoms with Crippen molar-refractivity contribution in [1.82, 2.24) is 9.78 Å². The third-order valence-electron chi connectivity index (χ3n) is 2.91. The van der Waals surface area contributed by atoms with Gasteiger partial charge in [-0.05, 0) is 30.7 Å². The summed E-state index contributed by atoms with van der Waals surface area (Å²) >= 11 is 12.0. The smallest absolute Gasteiger partial charge is 0.180 e. The van der Waals surface area contributed by atoms with E-state index in [0.717, 1.165) is 17.0 Å². The maximum atomic E-state index is 6.22. The zero-order valence-electron chi connectivity index (χ0n) is 11.6. The first-order chi connectivity index (χ1) is 9.55. The Balaban J connectivity index is 2.22. The first-order valence-corrected chi connectivity index (χ1v) is 7.01. The molecule has 2 rings (SSSR count). The van der Waals surface area contributed by atoms with Crippen LogP contribution >= 0.6 is 23.2 Å². The van der Waals surface area contributed by atoms with Crippen LogP contribution < -0.4 is 9.47 Å². The Morgan fingerprint density at radius 2 is 2.05 bits per heavy atom. The van der Waals surface area contributed by atoms with Gasteiger partial charge < -0.3 is 9.47 Å². The van der Waals surface area contributed by atoms with Crippen LogP contribution in [0.3, 0.4) is 0 Å². The van der Waals surface area contributed by atoms with E-state index in [0.29, 0.717) is 29.0 Å². The largest absolute Gasteiger partial charge is 0.493 e. The molecule has 4 nitrogen and oxygen atoms in total. The number of aromatic nitrogens is 2. The van der Waals surface area contributed by atoms with E-state index < -0.39 is 0 Å². The van der Waals surface area contributed by atoms with Crippen LogP contribution in [-0.4, -0.2) is 16.9 Å². The van der Waals surface area contributed by atoms with E-state index in [2.05, 4.69) is 5.10 Å². The van der Waals surface area contributed by atoms with Crippen molar-refractivity contribution in [2.45, 2.75) is 19.4 Å². The van der Waals surface area contributed by atoms with Gasteiger partial charge in [0.1, 0.15) is 6.61 Å². The van der Waals surface area contributed by atoms with Crippen LogP contribution in [0.5, 0.6) is 11.5 Å². The molecule has 0 spiro atoms. The Labute approximate surface area is 128 Å². The van der Waals surface area contributed by atoms with Gasteiger partial charge in [-0.3, -0.25) is 4.68 Å². The van der Waals surface area contributed by atoms with Gasteiger partial charge in [0.05, 0.1) is 23.5 Å². The zero-order chi connectivity index (χ0) is 14.7. The van der Waals surface area contributed by atoms with E-state index in [9.17, 15) is 0 Å². The van der Waals surface area contributed by atoms with Crippen molar-refractivity contribution in [3.63, 3.8) is 0 Å². The fraction of sp³-hybridized carbons (Fsp3) is 0.357. The Morgan fingerprint density at radius 3 is 2.60 bits per heavy atom. The number of rotatable bonds is 5. The minimum absolute atomic E-state index is 0.369. The van der Waals surface area contributed by atoms with E-state index in [1.54, 1.807) is 17.9 Å². The SMILES string of the molecule is COc1cc(CCl)cc(Cl)c1OCc1cc(C)nn1C. The standard InChI is InChI=1S/C14H16Cl2N2O2/c1-9-4-11(18(2)17-9)8-20-14-12(16)5-10(7-15)6-13(14)19-3/h4-6H,7-8H2,1-3H3. The lowest BCUT2D eigenvalue weighted by molar-refractivity contribution is 0.276. The van der Waals surface area contributed by atoms with Gasteiger partial charge in [-0.2, -0.15) is 5.10 Å². The molecular formula is C14H16Cl2N2O2. The van der Waals surface area contributed by atoms with Crippen molar-refractivity contribution in [2.24, 2.45) is 7.05 Å². The summed E-state index contributed by atoms with van der Waals surface area (Å²) in [6.07, 6.45) is 0. The lowest BCUT2D eigenvalue weighted by Gasteiger charge is -2.13.